The summed E-state index contributed by atoms with van der Waals surface area (Å²) in [6.07, 6.45) is 0. The molecule has 0 aliphatic rings. The van der Waals surface area contributed by atoms with Crippen molar-refractivity contribution in [3.05, 3.63) is 70.5 Å². The molecule has 2 rings (SSSR count). The Bertz CT molecular complexity index is 731. The minimum absolute atomic E-state index is 0.186. The van der Waals surface area contributed by atoms with Crippen molar-refractivity contribution in [3.63, 3.8) is 0 Å². The second-order valence-corrected chi connectivity index (χ2v) is 6.18. The number of ether oxygens (including phenoxy) is 1. The number of amides is 1. The number of esters is 1. The summed E-state index contributed by atoms with van der Waals surface area (Å²) in [5.74, 6) is -1.58. The minimum atomic E-state index is -0.485. The fourth-order valence-corrected chi connectivity index (χ4v) is 2.54. The van der Waals surface area contributed by atoms with Crippen molar-refractivity contribution in [2.75, 3.05) is 13.7 Å². The van der Waals surface area contributed by atoms with Crippen LogP contribution in [0.5, 0.6) is 0 Å². The van der Waals surface area contributed by atoms with E-state index >= 15 is 0 Å². The number of carbonyl (C=O) groups excluding carboxylic acids is 2. The molecule has 1 unspecified atom stereocenters. The molecular formula is C19H19ClFNO3. The van der Waals surface area contributed by atoms with Crippen LogP contribution in [0.2, 0.25) is 5.02 Å². The van der Waals surface area contributed by atoms with Crippen molar-refractivity contribution >= 4 is 23.5 Å². The van der Waals surface area contributed by atoms with E-state index in [0.29, 0.717) is 17.1 Å². The van der Waals surface area contributed by atoms with Gasteiger partial charge < -0.3 is 9.64 Å². The Hall–Kier alpha value is -2.40. The van der Waals surface area contributed by atoms with Gasteiger partial charge in [-0.25, -0.2) is 4.39 Å². The quantitative estimate of drug-likeness (QED) is 0.730. The van der Waals surface area contributed by atoms with E-state index in [1.54, 1.807) is 19.1 Å². The lowest BCUT2D eigenvalue weighted by molar-refractivity contribution is -0.145. The highest BCUT2D eigenvalue weighted by molar-refractivity contribution is 6.30. The van der Waals surface area contributed by atoms with Crippen molar-refractivity contribution in [1.29, 1.82) is 0 Å². The maximum Gasteiger partial charge on any atom is 0.310 e. The lowest BCUT2D eigenvalue weighted by atomic mass is 10.1. The van der Waals surface area contributed by atoms with Crippen LogP contribution < -0.4 is 0 Å². The molecule has 0 radical (unpaired) electrons. The first-order valence-corrected chi connectivity index (χ1v) is 8.15. The van der Waals surface area contributed by atoms with Crippen LogP contribution in [-0.2, 0) is 16.1 Å². The van der Waals surface area contributed by atoms with Gasteiger partial charge in [0.1, 0.15) is 5.82 Å². The Morgan fingerprint density at radius 3 is 2.28 bits per heavy atom. The molecule has 1 atom stereocenters. The van der Waals surface area contributed by atoms with Crippen molar-refractivity contribution in [3.8, 4) is 0 Å². The van der Waals surface area contributed by atoms with Crippen LogP contribution in [0.4, 0.5) is 4.39 Å². The molecule has 4 nitrogen and oxygen atoms in total. The van der Waals surface area contributed by atoms with Gasteiger partial charge in [-0.1, -0.05) is 30.7 Å². The topological polar surface area (TPSA) is 46.6 Å². The van der Waals surface area contributed by atoms with Gasteiger partial charge in [0.2, 0.25) is 0 Å². The maximum atomic E-state index is 13.1. The van der Waals surface area contributed by atoms with Gasteiger partial charge in [0.05, 0.1) is 13.0 Å². The molecule has 0 saturated heterocycles. The lowest BCUT2D eigenvalue weighted by Gasteiger charge is -2.25. The normalized spacial score (nSPS) is 11.7. The predicted octanol–water partition coefficient (Wildman–Crippen LogP) is 3.93. The van der Waals surface area contributed by atoms with Gasteiger partial charge in [0, 0.05) is 23.7 Å². The van der Waals surface area contributed by atoms with Gasteiger partial charge in [0.15, 0.2) is 0 Å². The van der Waals surface area contributed by atoms with E-state index in [4.69, 9.17) is 16.3 Å². The highest BCUT2D eigenvalue weighted by Crippen LogP contribution is 2.16. The van der Waals surface area contributed by atoms with E-state index in [1.165, 1.54) is 36.3 Å². The first kappa shape index (κ1) is 18.9. The zero-order valence-corrected chi connectivity index (χ0v) is 14.8. The van der Waals surface area contributed by atoms with Gasteiger partial charge in [-0.2, -0.15) is 0 Å². The molecule has 0 aromatic heterocycles. The van der Waals surface area contributed by atoms with Crippen LogP contribution in [0, 0.1) is 11.7 Å². The Morgan fingerprint density at radius 1 is 1.12 bits per heavy atom. The SMILES string of the molecule is COC(=O)C(C)CN(Cc1ccc(Cl)cc1)C(=O)c1ccc(F)cc1. The van der Waals surface area contributed by atoms with Gasteiger partial charge in [0.25, 0.3) is 5.91 Å². The number of methoxy groups -OCH3 is 1. The lowest BCUT2D eigenvalue weighted by Crippen LogP contribution is -2.36. The second-order valence-electron chi connectivity index (χ2n) is 5.74. The van der Waals surface area contributed by atoms with Crippen molar-refractivity contribution < 1.29 is 18.7 Å². The average Bonchev–Trinajstić information content (AvgIpc) is 2.62. The van der Waals surface area contributed by atoms with Crippen LogP contribution in [0.3, 0.4) is 0 Å². The zero-order chi connectivity index (χ0) is 18.4. The number of hydrogen-bond acceptors (Lipinski definition) is 3. The third kappa shape index (κ3) is 5.29. The van der Waals surface area contributed by atoms with Crippen LogP contribution in [0.25, 0.3) is 0 Å². The maximum absolute atomic E-state index is 13.1. The first-order chi connectivity index (χ1) is 11.9. The standard InChI is InChI=1S/C19H19ClFNO3/c1-13(19(24)25-2)11-22(12-14-3-7-16(20)8-4-14)18(23)15-5-9-17(21)10-6-15/h3-10,13H,11-12H2,1-2H3. The number of rotatable bonds is 6. The molecule has 132 valence electrons. The molecule has 25 heavy (non-hydrogen) atoms. The second kappa shape index (κ2) is 8.62. The van der Waals surface area contributed by atoms with Gasteiger partial charge >= 0.3 is 5.97 Å². The Morgan fingerprint density at radius 2 is 1.72 bits per heavy atom. The molecule has 6 heteroatoms. The summed E-state index contributed by atoms with van der Waals surface area (Å²) in [6, 6.07) is 12.4. The average molecular weight is 364 g/mol. The summed E-state index contributed by atoms with van der Waals surface area (Å²) in [5, 5.41) is 0.600. The Kier molecular flexibility index (Phi) is 6.53. The van der Waals surface area contributed by atoms with Gasteiger partial charge in [-0.05, 0) is 42.0 Å². The molecule has 0 bridgehead atoms. The highest BCUT2D eigenvalue weighted by atomic mass is 35.5. The number of carbonyl (C=O) groups is 2. The Labute approximate surface area is 151 Å². The molecule has 0 aliphatic heterocycles. The largest absolute Gasteiger partial charge is 0.469 e. The van der Waals surface area contributed by atoms with E-state index in [0.717, 1.165) is 5.56 Å². The molecule has 1 amide bonds. The van der Waals surface area contributed by atoms with Gasteiger partial charge in [-0.15, -0.1) is 0 Å². The fourth-order valence-electron chi connectivity index (χ4n) is 2.41. The summed E-state index contributed by atoms with van der Waals surface area (Å²) in [4.78, 5) is 26.1. The molecule has 0 saturated carbocycles. The van der Waals surface area contributed by atoms with E-state index < -0.39 is 17.7 Å². The summed E-state index contributed by atoms with van der Waals surface area (Å²) in [6.45, 7) is 2.18. The highest BCUT2D eigenvalue weighted by Gasteiger charge is 2.23. The predicted molar refractivity (Wildman–Crippen MR) is 93.8 cm³/mol. The minimum Gasteiger partial charge on any atom is -0.469 e. The first-order valence-electron chi connectivity index (χ1n) is 7.78. The third-order valence-electron chi connectivity index (χ3n) is 3.76. The number of nitrogens with zero attached hydrogens (tertiary/aromatic N) is 1. The molecule has 0 heterocycles. The molecule has 2 aromatic rings. The number of benzene rings is 2. The number of halogens is 2. The van der Waals surface area contributed by atoms with Crippen LogP contribution in [-0.4, -0.2) is 30.4 Å². The summed E-state index contributed by atoms with van der Waals surface area (Å²) in [7, 11) is 1.31. The fraction of sp³-hybridized carbons (Fsp3) is 0.263. The molecule has 0 aliphatic carbocycles. The molecule has 0 fully saturated rings. The van der Waals surface area contributed by atoms with Crippen LogP contribution >= 0.6 is 11.6 Å². The van der Waals surface area contributed by atoms with E-state index in [9.17, 15) is 14.0 Å². The monoisotopic (exact) mass is 363 g/mol. The summed E-state index contributed by atoms with van der Waals surface area (Å²) in [5.41, 5.74) is 1.23. The zero-order valence-electron chi connectivity index (χ0n) is 14.0. The molecule has 0 N–H and O–H groups in total. The van der Waals surface area contributed by atoms with Crippen molar-refractivity contribution in [2.45, 2.75) is 13.5 Å². The third-order valence-corrected chi connectivity index (χ3v) is 4.01. The molecule has 0 spiro atoms. The van der Waals surface area contributed by atoms with E-state index in [-0.39, 0.29) is 12.5 Å². The van der Waals surface area contributed by atoms with E-state index in [2.05, 4.69) is 0 Å². The van der Waals surface area contributed by atoms with Crippen molar-refractivity contribution in [2.24, 2.45) is 5.92 Å². The molecular weight excluding hydrogens is 345 g/mol. The summed E-state index contributed by atoms with van der Waals surface area (Å²) >= 11 is 5.89. The number of hydrogen-bond donors (Lipinski definition) is 0. The van der Waals surface area contributed by atoms with E-state index in [1.807, 2.05) is 12.1 Å². The molecule has 2 aromatic carbocycles. The summed E-state index contributed by atoms with van der Waals surface area (Å²) < 4.78 is 17.8. The smallest absolute Gasteiger partial charge is 0.310 e. The van der Waals surface area contributed by atoms with Crippen molar-refractivity contribution in [1.82, 2.24) is 4.90 Å². The Balaban J connectivity index is 2.23. The van der Waals surface area contributed by atoms with Gasteiger partial charge in [-0.3, -0.25) is 9.59 Å². The van der Waals surface area contributed by atoms with Crippen LogP contribution in [0.15, 0.2) is 48.5 Å². The van der Waals surface area contributed by atoms with Crippen LogP contribution in [0.1, 0.15) is 22.8 Å².